The lowest BCUT2D eigenvalue weighted by molar-refractivity contribution is 0.378. The van der Waals surface area contributed by atoms with Crippen LogP contribution < -0.4 is 10.1 Å². The third kappa shape index (κ3) is 2.70. The molecule has 2 aromatic rings. The molecule has 21 heavy (non-hydrogen) atoms. The van der Waals surface area contributed by atoms with E-state index < -0.39 is 0 Å². The van der Waals surface area contributed by atoms with E-state index in [0.29, 0.717) is 5.92 Å². The van der Waals surface area contributed by atoms with Gasteiger partial charge in [0.1, 0.15) is 11.6 Å². The summed E-state index contributed by atoms with van der Waals surface area (Å²) in [6, 6.07) is 7.06. The molecule has 1 N–H and O–H groups in total. The van der Waals surface area contributed by atoms with E-state index in [-0.39, 0.29) is 11.9 Å². The SMILES string of the molecule is CNC(c1cc(F)ccc1OC)C1CCCc2sccc21. The molecule has 0 spiro atoms. The van der Waals surface area contributed by atoms with Crippen molar-refractivity contribution in [2.45, 2.75) is 31.2 Å². The van der Waals surface area contributed by atoms with Crippen LogP contribution in [0.25, 0.3) is 0 Å². The van der Waals surface area contributed by atoms with Crippen LogP contribution in [0.4, 0.5) is 4.39 Å². The summed E-state index contributed by atoms with van der Waals surface area (Å²) >= 11 is 1.83. The fraction of sp³-hybridized carbons (Fsp3) is 0.412. The maximum atomic E-state index is 13.7. The summed E-state index contributed by atoms with van der Waals surface area (Å²) in [5.41, 5.74) is 2.32. The van der Waals surface area contributed by atoms with Crippen LogP contribution in [0.15, 0.2) is 29.6 Å². The fourth-order valence-corrected chi connectivity index (χ4v) is 4.39. The molecule has 112 valence electrons. The normalized spacial score (nSPS) is 19.1. The monoisotopic (exact) mass is 305 g/mol. The van der Waals surface area contributed by atoms with E-state index in [2.05, 4.69) is 16.8 Å². The van der Waals surface area contributed by atoms with E-state index in [9.17, 15) is 4.39 Å². The van der Waals surface area contributed by atoms with Gasteiger partial charge in [0.05, 0.1) is 7.11 Å². The van der Waals surface area contributed by atoms with Crippen molar-refractivity contribution in [1.29, 1.82) is 0 Å². The summed E-state index contributed by atoms with van der Waals surface area (Å²) < 4.78 is 19.1. The zero-order valence-corrected chi connectivity index (χ0v) is 13.2. The molecule has 3 rings (SSSR count). The summed E-state index contributed by atoms with van der Waals surface area (Å²) in [6.07, 6.45) is 3.48. The van der Waals surface area contributed by atoms with Crippen molar-refractivity contribution in [1.82, 2.24) is 5.32 Å². The second kappa shape index (κ2) is 6.16. The number of methoxy groups -OCH3 is 1. The Labute approximate surface area is 129 Å². The second-order valence-corrected chi connectivity index (χ2v) is 6.45. The highest BCUT2D eigenvalue weighted by molar-refractivity contribution is 7.10. The van der Waals surface area contributed by atoms with Crippen LogP contribution in [-0.4, -0.2) is 14.2 Å². The van der Waals surface area contributed by atoms with Crippen LogP contribution in [0.2, 0.25) is 0 Å². The summed E-state index contributed by atoms with van der Waals surface area (Å²) in [4.78, 5) is 1.47. The lowest BCUT2D eigenvalue weighted by atomic mass is 9.79. The van der Waals surface area contributed by atoms with Crippen molar-refractivity contribution < 1.29 is 9.13 Å². The molecule has 4 heteroatoms. The molecule has 0 amide bonds. The molecule has 0 saturated carbocycles. The molecular formula is C17H20FNOS. The van der Waals surface area contributed by atoms with Gasteiger partial charge in [0, 0.05) is 22.4 Å². The molecule has 1 aromatic carbocycles. The first-order valence-corrected chi connectivity index (χ1v) is 8.19. The van der Waals surface area contributed by atoms with Crippen LogP contribution in [0.3, 0.4) is 0 Å². The summed E-state index contributed by atoms with van der Waals surface area (Å²) in [5.74, 6) is 0.909. The number of rotatable bonds is 4. The van der Waals surface area contributed by atoms with Gasteiger partial charge in [0.25, 0.3) is 0 Å². The molecule has 1 aliphatic carbocycles. The first-order valence-electron chi connectivity index (χ1n) is 7.31. The molecule has 1 aliphatic rings. The van der Waals surface area contributed by atoms with Crippen LogP contribution in [0.5, 0.6) is 5.75 Å². The molecule has 0 radical (unpaired) electrons. The molecule has 0 saturated heterocycles. The maximum Gasteiger partial charge on any atom is 0.123 e. The van der Waals surface area contributed by atoms with Gasteiger partial charge in [-0.3, -0.25) is 0 Å². The molecule has 0 fully saturated rings. The third-order valence-corrected chi connectivity index (χ3v) is 5.34. The molecule has 2 nitrogen and oxygen atoms in total. The standard InChI is InChI=1S/C17H20FNOS/c1-19-17(14-10-11(18)6-7-15(14)20-2)13-4-3-5-16-12(13)8-9-21-16/h6-10,13,17,19H,3-5H2,1-2H3. The Kier molecular flexibility index (Phi) is 4.27. The highest BCUT2D eigenvalue weighted by Crippen LogP contribution is 2.44. The van der Waals surface area contributed by atoms with Crippen LogP contribution in [0.1, 0.15) is 40.8 Å². The largest absolute Gasteiger partial charge is 0.496 e. The Hall–Kier alpha value is -1.39. The number of hydrogen-bond donors (Lipinski definition) is 1. The molecule has 0 bridgehead atoms. The highest BCUT2D eigenvalue weighted by atomic mass is 32.1. The van der Waals surface area contributed by atoms with Gasteiger partial charge in [-0.15, -0.1) is 11.3 Å². The van der Waals surface area contributed by atoms with Crippen molar-refractivity contribution in [2.24, 2.45) is 0 Å². The quantitative estimate of drug-likeness (QED) is 0.910. The topological polar surface area (TPSA) is 21.3 Å². The van der Waals surface area contributed by atoms with E-state index >= 15 is 0 Å². The fourth-order valence-electron chi connectivity index (χ4n) is 3.39. The van der Waals surface area contributed by atoms with Gasteiger partial charge >= 0.3 is 0 Å². The Balaban J connectivity index is 2.02. The average Bonchev–Trinajstić information content (AvgIpc) is 2.97. The van der Waals surface area contributed by atoms with E-state index in [4.69, 9.17) is 4.74 Å². The number of nitrogens with one attached hydrogen (secondary N) is 1. The van der Waals surface area contributed by atoms with Gasteiger partial charge < -0.3 is 10.1 Å². The van der Waals surface area contributed by atoms with E-state index in [0.717, 1.165) is 17.7 Å². The summed E-state index contributed by atoms with van der Waals surface area (Å²) in [7, 11) is 3.58. The minimum atomic E-state index is -0.215. The third-order valence-electron chi connectivity index (χ3n) is 4.34. The number of aryl methyl sites for hydroxylation is 1. The number of benzene rings is 1. The number of thiophene rings is 1. The van der Waals surface area contributed by atoms with E-state index in [1.165, 1.54) is 29.3 Å². The van der Waals surface area contributed by atoms with Gasteiger partial charge in [-0.05, 0) is 61.5 Å². The van der Waals surface area contributed by atoms with Gasteiger partial charge in [-0.25, -0.2) is 4.39 Å². The summed E-state index contributed by atoms with van der Waals surface area (Å²) in [5, 5.41) is 5.54. The van der Waals surface area contributed by atoms with E-state index in [1.54, 1.807) is 19.2 Å². The molecule has 1 heterocycles. The van der Waals surface area contributed by atoms with Crippen LogP contribution >= 0.6 is 11.3 Å². The number of hydrogen-bond acceptors (Lipinski definition) is 3. The first-order chi connectivity index (χ1) is 10.2. The zero-order valence-electron chi connectivity index (χ0n) is 12.4. The smallest absolute Gasteiger partial charge is 0.123 e. The highest BCUT2D eigenvalue weighted by Gasteiger charge is 2.30. The number of likely N-dealkylation sites (N-methyl/N-ethyl adjacent to an activating group) is 1. The van der Waals surface area contributed by atoms with Crippen molar-refractivity contribution in [3.05, 3.63) is 51.5 Å². The molecule has 2 unspecified atom stereocenters. The maximum absolute atomic E-state index is 13.7. The Bertz CT molecular complexity index is 625. The van der Waals surface area contributed by atoms with Crippen LogP contribution in [0, 0.1) is 5.82 Å². The minimum Gasteiger partial charge on any atom is -0.496 e. The zero-order chi connectivity index (χ0) is 14.8. The number of fused-ring (bicyclic) bond motifs is 1. The molecule has 2 atom stereocenters. The Morgan fingerprint density at radius 1 is 1.38 bits per heavy atom. The predicted molar refractivity (Wildman–Crippen MR) is 84.8 cm³/mol. The van der Waals surface area contributed by atoms with Gasteiger partial charge in [-0.1, -0.05) is 0 Å². The van der Waals surface area contributed by atoms with Crippen molar-refractivity contribution >= 4 is 11.3 Å². The van der Waals surface area contributed by atoms with Crippen LogP contribution in [-0.2, 0) is 6.42 Å². The van der Waals surface area contributed by atoms with Crippen molar-refractivity contribution in [3.63, 3.8) is 0 Å². The van der Waals surface area contributed by atoms with Crippen molar-refractivity contribution in [3.8, 4) is 5.75 Å². The lowest BCUT2D eigenvalue weighted by Crippen LogP contribution is -2.26. The Morgan fingerprint density at radius 2 is 2.24 bits per heavy atom. The molecular weight excluding hydrogens is 285 g/mol. The van der Waals surface area contributed by atoms with Gasteiger partial charge in [0.15, 0.2) is 0 Å². The molecule has 1 aromatic heterocycles. The summed E-state index contributed by atoms with van der Waals surface area (Å²) in [6.45, 7) is 0. The lowest BCUT2D eigenvalue weighted by Gasteiger charge is -2.31. The predicted octanol–water partition coefficient (Wildman–Crippen LogP) is 4.28. The number of ether oxygens (including phenoxy) is 1. The van der Waals surface area contributed by atoms with E-state index in [1.807, 2.05) is 18.4 Å². The second-order valence-electron chi connectivity index (χ2n) is 5.45. The molecule has 0 aliphatic heterocycles. The van der Waals surface area contributed by atoms with Crippen molar-refractivity contribution in [2.75, 3.05) is 14.2 Å². The van der Waals surface area contributed by atoms with Gasteiger partial charge in [0.2, 0.25) is 0 Å². The Morgan fingerprint density at radius 3 is 3.00 bits per heavy atom. The van der Waals surface area contributed by atoms with Gasteiger partial charge in [-0.2, -0.15) is 0 Å². The number of halogens is 1. The average molecular weight is 305 g/mol. The minimum absolute atomic E-state index is 0.0734. The first kappa shape index (κ1) is 14.5.